The minimum atomic E-state index is -3.82. The molecule has 1 unspecified atom stereocenters. The number of aryl methyl sites for hydroxylation is 1. The van der Waals surface area contributed by atoms with Crippen molar-refractivity contribution in [2.75, 3.05) is 19.6 Å². The van der Waals surface area contributed by atoms with Gasteiger partial charge in [0.1, 0.15) is 5.54 Å². The van der Waals surface area contributed by atoms with E-state index in [0.717, 1.165) is 19.4 Å². The molecule has 1 aromatic heterocycles. The van der Waals surface area contributed by atoms with Gasteiger partial charge in [0, 0.05) is 32.0 Å². The fourth-order valence-corrected chi connectivity index (χ4v) is 6.84. The van der Waals surface area contributed by atoms with Crippen molar-refractivity contribution in [3.05, 3.63) is 42.2 Å². The number of nitrogens with zero attached hydrogens (tertiary/aromatic N) is 4. The summed E-state index contributed by atoms with van der Waals surface area (Å²) in [4.78, 5) is 15.5. The van der Waals surface area contributed by atoms with Crippen LogP contribution in [0, 0.1) is 6.92 Å². The van der Waals surface area contributed by atoms with Crippen molar-refractivity contribution < 1.29 is 13.2 Å². The summed E-state index contributed by atoms with van der Waals surface area (Å²) in [6, 6.07) is 7.13. The fraction of sp³-hybridized carbons (Fsp3) is 0.524. The number of rotatable bonds is 5. The maximum Gasteiger partial charge on any atom is 0.244 e. The monoisotopic (exact) mass is 416 g/mol. The maximum absolute atomic E-state index is 13.8. The molecule has 0 aliphatic carbocycles. The third kappa shape index (κ3) is 3.28. The molecule has 2 saturated heterocycles. The first-order valence-corrected chi connectivity index (χ1v) is 11.8. The average molecular weight is 417 g/mol. The molecule has 4 rings (SSSR count). The molecule has 7 nitrogen and oxygen atoms in total. The molecule has 0 radical (unpaired) electrons. The van der Waals surface area contributed by atoms with Crippen LogP contribution in [0.1, 0.15) is 44.6 Å². The predicted molar refractivity (Wildman–Crippen MR) is 110 cm³/mol. The highest BCUT2D eigenvalue weighted by atomic mass is 32.2. The summed E-state index contributed by atoms with van der Waals surface area (Å²) in [6.07, 6.45) is 7.07. The van der Waals surface area contributed by atoms with Gasteiger partial charge >= 0.3 is 0 Å². The van der Waals surface area contributed by atoms with Gasteiger partial charge in [0.05, 0.1) is 10.6 Å². The summed E-state index contributed by atoms with van der Waals surface area (Å²) in [5.74, 6) is -0.0208. The van der Waals surface area contributed by atoms with Crippen LogP contribution >= 0.6 is 0 Å². The highest BCUT2D eigenvalue weighted by molar-refractivity contribution is 7.89. The topological polar surface area (TPSA) is 75.5 Å². The van der Waals surface area contributed by atoms with Gasteiger partial charge in [-0.3, -0.25) is 4.79 Å². The van der Waals surface area contributed by atoms with E-state index in [2.05, 4.69) is 5.10 Å². The molecule has 0 saturated carbocycles. The summed E-state index contributed by atoms with van der Waals surface area (Å²) >= 11 is 0. The molecule has 1 amide bonds. The first-order chi connectivity index (χ1) is 13.9. The van der Waals surface area contributed by atoms with E-state index < -0.39 is 15.6 Å². The minimum absolute atomic E-state index is 0.0208. The zero-order valence-electron chi connectivity index (χ0n) is 17.0. The van der Waals surface area contributed by atoms with Crippen LogP contribution in [0.2, 0.25) is 0 Å². The first-order valence-electron chi connectivity index (χ1n) is 10.3. The lowest BCUT2D eigenvalue weighted by atomic mass is 9.86. The number of aromatic nitrogens is 2. The molecule has 2 aliphatic rings. The lowest BCUT2D eigenvalue weighted by Crippen LogP contribution is -2.61. The number of sulfonamides is 1. The minimum Gasteiger partial charge on any atom is -0.341 e. The van der Waals surface area contributed by atoms with Gasteiger partial charge in [0.2, 0.25) is 15.9 Å². The Labute approximate surface area is 172 Å². The molecule has 0 N–H and O–H groups in total. The smallest absolute Gasteiger partial charge is 0.244 e. The highest BCUT2D eigenvalue weighted by Crippen LogP contribution is 2.42. The molecule has 1 aromatic carbocycles. The Morgan fingerprint density at radius 2 is 1.93 bits per heavy atom. The van der Waals surface area contributed by atoms with E-state index in [9.17, 15) is 13.2 Å². The number of likely N-dealkylation sites (tertiary alicyclic amines) is 1. The number of benzene rings is 1. The Morgan fingerprint density at radius 1 is 1.17 bits per heavy atom. The Hall–Kier alpha value is -2.19. The van der Waals surface area contributed by atoms with Gasteiger partial charge in [-0.1, -0.05) is 13.0 Å². The second kappa shape index (κ2) is 7.57. The van der Waals surface area contributed by atoms with Gasteiger partial charge < -0.3 is 4.90 Å². The Morgan fingerprint density at radius 3 is 2.62 bits per heavy atom. The molecule has 3 heterocycles. The number of hydrogen-bond acceptors (Lipinski definition) is 4. The van der Waals surface area contributed by atoms with Gasteiger partial charge in [-0.15, -0.1) is 0 Å². The van der Waals surface area contributed by atoms with Gasteiger partial charge in [-0.25, -0.2) is 13.1 Å². The van der Waals surface area contributed by atoms with Crippen LogP contribution in [0.5, 0.6) is 0 Å². The maximum atomic E-state index is 13.8. The van der Waals surface area contributed by atoms with Crippen LogP contribution in [-0.4, -0.2) is 58.5 Å². The van der Waals surface area contributed by atoms with Crippen molar-refractivity contribution in [2.24, 2.45) is 0 Å². The van der Waals surface area contributed by atoms with E-state index in [1.165, 1.54) is 4.31 Å². The molecule has 8 heteroatoms. The second-order valence-electron chi connectivity index (χ2n) is 8.01. The summed E-state index contributed by atoms with van der Waals surface area (Å²) in [7, 11) is -3.82. The van der Waals surface area contributed by atoms with Crippen molar-refractivity contribution in [2.45, 2.75) is 56.4 Å². The zero-order valence-corrected chi connectivity index (χ0v) is 17.9. The van der Waals surface area contributed by atoms with Crippen LogP contribution < -0.4 is 0 Å². The number of amides is 1. The van der Waals surface area contributed by atoms with Gasteiger partial charge in [-0.2, -0.15) is 9.40 Å². The van der Waals surface area contributed by atoms with Gasteiger partial charge in [0.25, 0.3) is 0 Å². The molecular formula is C21H28N4O3S. The van der Waals surface area contributed by atoms with Crippen molar-refractivity contribution in [1.82, 2.24) is 19.0 Å². The summed E-state index contributed by atoms with van der Waals surface area (Å²) < 4.78 is 30.7. The van der Waals surface area contributed by atoms with Gasteiger partial charge in [0.15, 0.2) is 0 Å². The van der Waals surface area contributed by atoms with Gasteiger partial charge in [-0.05, 0) is 62.8 Å². The fourth-order valence-electron chi connectivity index (χ4n) is 4.77. The highest BCUT2D eigenvalue weighted by Gasteiger charge is 2.55. The van der Waals surface area contributed by atoms with Crippen LogP contribution in [0.4, 0.5) is 0 Å². The summed E-state index contributed by atoms with van der Waals surface area (Å²) in [5, 5.41) is 4.21. The normalized spacial score (nSPS) is 23.2. The van der Waals surface area contributed by atoms with Crippen LogP contribution in [0.25, 0.3) is 5.69 Å². The lowest BCUT2D eigenvalue weighted by Gasteiger charge is -2.44. The second-order valence-corrected chi connectivity index (χ2v) is 9.84. The van der Waals surface area contributed by atoms with E-state index in [4.69, 9.17) is 0 Å². The van der Waals surface area contributed by atoms with Crippen LogP contribution in [0.3, 0.4) is 0 Å². The van der Waals surface area contributed by atoms with Crippen LogP contribution in [0.15, 0.2) is 41.6 Å². The quantitative estimate of drug-likeness (QED) is 0.751. The van der Waals surface area contributed by atoms with E-state index >= 15 is 0 Å². The molecule has 2 fully saturated rings. The standard InChI is InChI=1S/C21H28N4O3S/c1-3-12-23-13-4-9-21(20(23)26)10-5-15-25(21)29(27,28)19-16-18(8-7-17(19)2)24-14-6-11-22-24/h6-8,11,14,16H,3-5,9-10,12-13,15H2,1-2H3. The summed E-state index contributed by atoms with van der Waals surface area (Å²) in [6.45, 7) is 5.63. The van der Waals surface area contributed by atoms with E-state index in [1.807, 2.05) is 17.9 Å². The van der Waals surface area contributed by atoms with Crippen molar-refractivity contribution in [3.63, 3.8) is 0 Å². The SMILES string of the molecule is CCCN1CCCC2(CCCN2S(=O)(=O)c2cc(-n3cccn3)ccc2C)C1=O. The van der Waals surface area contributed by atoms with E-state index in [0.29, 0.717) is 43.6 Å². The Kier molecular flexibility index (Phi) is 5.25. The average Bonchev–Trinajstić information content (AvgIpc) is 3.37. The number of hydrogen-bond donors (Lipinski definition) is 0. The van der Waals surface area contributed by atoms with Crippen molar-refractivity contribution in [1.29, 1.82) is 0 Å². The largest absolute Gasteiger partial charge is 0.341 e. The molecule has 1 spiro atoms. The molecule has 2 aromatic rings. The molecule has 2 aliphatic heterocycles. The first kappa shape index (κ1) is 20.1. The van der Waals surface area contributed by atoms with E-state index in [1.54, 1.807) is 42.2 Å². The molecule has 1 atom stereocenters. The predicted octanol–water partition coefficient (Wildman–Crippen LogP) is 2.74. The number of piperidine rings is 1. The lowest BCUT2D eigenvalue weighted by molar-refractivity contribution is -0.144. The Balaban J connectivity index is 1.75. The Bertz CT molecular complexity index is 1000. The molecule has 0 bridgehead atoms. The molecule has 156 valence electrons. The van der Waals surface area contributed by atoms with Crippen molar-refractivity contribution >= 4 is 15.9 Å². The van der Waals surface area contributed by atoms with Crippen LogP contribution in [-0.2, 0) is 14.8 Å². The third-order valence-corrected chi connectivity index (χ3v) is 8.24. The third-order valence-electron chi connectivity index (χ3n) is 6.13. The van der Waals surface area contributed by atoms with Crippen molar-refractivity contribution in [3.8, 4) is 5.69 Å². The molecule has 29 heavy (non-hydrogen) atoms. The zero-order chi connectivity index (χ0) is 20.6. The van der Waals surface area contributed by atoms with E-state index in [-0.39, 0.29) is 10.8 Å². The summed E-state index contributed by atoms with van der Waals surface area (Å²) in [5.41, 5.74) is 0.437. The number of carbonyl (C=O) groups is 1. The number of carbonyl (C=O) groups excluding carboxylic acids is 1. The molecular weight excluding hydrogens is 388 g/mol.